The maximum atomic E-state index is 12.5. The minimum Gasteiger partial charge on any atom is -0.492 e. The Morgan fingerprint density at radius 3 is 2.06 bits per heavy atom. The molecule has 1 aromatic rings. The van der Waals surface area contributed by atoms with Crippen molar-refractivity contribution in [3.8, 4) is 11.5 Å². The number of rotatable bonds is 2. The molecule has 0 spiro atoms. The van der Waals surface area contributed by atoms with Crippen molar-refractivity contribution in [2.75, 3.05) is 7.11 Å². The predicted molar refractivity (Wildman–Crippen MR) is 55.2 cm³/mol. The Balaban J connectivity index is 3.40. The topological polar surface area (TPSA) is 31.4 Å². The minimum atomic E-state index is -5.14. The van der Waals surface area contributed by atoms with Gasteiger partial charge in [-0.25, -0.2) is 4.98 Å². The number of methoxy groups -OCH3 is 1. The first-order chi connectivity index (χ1) is 8.06. The van der Waals surface area contributed by atoms with E-state index in [1.807, 2.05) is 0 Å². The third kappa shape index (κ3) is 3.53. The van der Waals surface area contributed by atoms with Crippen molar-refractivity contribution in [3.05, 3.63) is 15.5 Å². The number of ether oxygens (including phenoxy) is 2. The van der Waals surface area contributed by atoms with Gasteiger partial charge in [-0.05, 0) is 22.6 Å². The Morgan fingerprint density at radius 1 is 1.11 bits per heavy atom. The fraction of sp³-hybridized carbons (Fsp3) is 0.375. The van der Waals surface area contributed by atoms with Crippen LogP contribution in [0.5, 0.6) is 11.5 Å². The smallest absolute Gasteiger partial charge is 0.492 e. The molecule has 10 heteroatoms. The van der Waals surface area contributed by atoms with Crippen molar-refractivity contribution in [1.29, 1.82) is 0 Å². The molecule has 0 aliphatic carbocycles. The zero-order chi connectivity index (χ0) is 14.1. The van der Waals surface area contributed by atoms with E-state index in [4.69, 9.17) is 0 Å². The molecule has 18 heavy (non-hydrogen) atoms. The van der Waals surface area contributed by atoms with Gasteiger partial charge in [0, 0.05) is 6.20 Å². The quantitative estimate of drug-likeness (QED) is 0.442. The third-order valence-corrected chi connectivity index (χ3v) is 2.44. The van der Waals surface area contributed by atoms with Gasteiger partial charge in [0.15, 0.2) is 5.75 Å². The van der Waals surface area contributed by atoms with E-state index in [9.17, 15) is 26.3 Å². The van der Waals surface area contributed by atoms with Crippen molar-refractivity contribution in [3.63, 3.8) is 0 Å². The highest BCUT2D eigenvalue weighted by atomic mass is 127. The van der Waals surface area contributed by atoms with Crippen LogP contribution in [-0.4, -0.2) is 18.5 Å². The Hall–Kier alpha value is -0.940. The van der Waals surface area contributed by atoms with E-state index < -0.39 is 33.3 Å². The van der Waals surface area contributed by atoms with Crippen LogP contribution in [0.1, 0.15) is 5.56 Å². The molecule has 3 nitrogen and oxygen atoms in total. The van der Waals surface area contributed by atoms with Gasteiger partial charge in [-0.15, -0.1) is 13.2 Å². The summed E-state index contributed by atoms with van der Waals surface area (Å²) in [6, 6.07) is 0. The van der Waals surface area contributed by atoms with Gasteiger partial charge in [0.1, 0.15) is 9.26 Å². The van der Waals surface area contributed by atoms with Gasteiger partial charge in [-0.2, -0.15) is 13.2 Å². The molecule has 0 amide bonds. The highest BCUT2D eigenvalue weighted by Gasteiger charge is 2.40. The van der Waals surface area contributed by atoms with Gasteiger partial charge in [0.25, 0.3) is 0 Å². The molecular formula is C8H4F6INO2. The highest BCUT2D eigenvalue weighted by molar-refractivity contribution is 14.1. The van der Waals surface area contributed by atoms with Gasteiger partial charge in [-0.1, -0.05) is 0 Å². The van der Waals surface area contributed by atoms with Crippen molar-refractivity contribution in [1.82, 2.24) is 4.98 Å². The van der Waals surface area contributed by atoms with Crippen LogP contribution in [0, 0.1) is 3.70 Å². The number of hydrogen-bond donors (Lipinski definition) is 0. The monoisotopic (exact) mass is 387 g/mol. The lowest BCUT2D eigenvalue weighted by atomic mass is 10.2. The Kier molecular flexibility index (Phi) is 4.18. The molecule has 102 valence electrons. The summed E-state index contributed by atoms with van der Waals surface area (Å²) < 4.78 is 81.2. The molecule has 1 heterocycles. The molecule has 0 N–H and O–H groups in total. The van der Waals surface area contributed by atoms with Crippen molar-refractivity contribution in [2.45, 2.75) is 12.5 Å². The van der Waals surface area contributed by atoms with E-state index in [1.165, 1.54) is 22.6 Å². The maximum Gasteiger partial charge on any atom is 0.573 e. The zero-order valence-corrected chi connectivity index (χ0v) is 10.6. The van der Waals surface area contributed by atoms with Crippen LogP contribution < -0.4 is 9.47 Å². The molecule has 0 radical (unpaired) electrons. The molecule has 0 aromatic carbocycles. The lowest BCUT2D eigenvalue weighted by Crippen LogP contribution is -2.20. The Bertz CT molecular complexity index is 444. The van der Waals surface area contributed by atoms with Gasteiger partial charge < -0.3 is 9.47 Å². The fourth-order valence-electron chi connectivity index (χ4n) is 1.06. The molecule has 0 saturated heterocycles. The summed E-state index contributed by atoms with van der Waals surface area (Å²) in [6.45, 7) is 0. The number of alkyl halides is 6. The van der Waals surface area contributed by atoms with Crippen LogP contribution in [0.25, 0.3) is 0 Å². The van der Waals surface area contributed by atoms with Crippen LogP contribution in [0.2, 0.25) is 0 Å². The molecular weight excluding hydrogens is 383 g/mol. The lowest BCUT2D eigenvalue weighted by molar-refractivity contribution is -0.275. The summed E-state index contributed by atoms with van der Waals surface area (Å²) in [5, 5.41) is 0. The van der Waals surface area contributed by atoms with Crippen LogP contribution >= 0.6 is 22.6 Å². The van der Waals surface area contributed by atoms with Crippen LogP contribution in [0.15, 0.2) is 6.20 Å². The van der Waals surface area contributed by atoms with Gasteiger partial charge >= 0.3 is 12.5 Å². The van der Waals surface area contributed by atoms with Crippen molar-refractivity contribution < 1.29 is 35.8 Å². The molecule has 0 aliphatic heterocycles. The van der Waals surface area contributed by atoms with E-state index in [1.54, 1.807) is 0 Å². The second-order valence-electron chi connectivity index (χ2n) is 2.87. The Labute approximate surface area is 110 Å². The fourth-order valence-corrected chi connectivity index (χ4v) is 1.56. The molecule has 0 fully saturated rings. The van der Waals surface area contributed by atoms with E-state index >= 15 is 0 Å². The largest absolute Gasteiger partial charge is 0.573 e. The third-order valence-electron chi connectivity index (χ3n) is 1.67. The average molecular weight is 387 g/mol. The highest BCUT2D eigenvalue weighted by Crippen LogP contribution is 2.44. The summed E-state index contributed by atoms with van der Waals surface area (Å²) >= 11 is 1.31. The summed E-state index contributed by atoms with van der Waals surface area (Å²) in [6.07, 6.45) is -9.66. The maximum absolute atomic E-state index is 12.5. The van der Waals surface area contributed by atoms with Gasteiger partial charge in [0.05, 0.1) is 7.11 Å². The Morgan fingerprint density at radius 2 is 1.67 bits per heavy atom. The zero-order valence-electron chi connectivity index (χ0n) is 8.49. The summed E-state index contributed by atoms with van der Waals surface area (Å²) in [5.41, 5.74) is -1.44. The molecule has 0 atom stereocenters. The normalized spacial score (nSPS) is 12.4. The number of pyridine rings is 1. The lowest BCUT2D eigenvalue weighted by Gasteiger charge is -2.17. The molecule has 1 aromatic heterocycles. The molecule has 0 saturated carbocycles. The second kappa shape index (κ2) is 4.97. The molecule has 1 rings (SSSR count). The summed E-state index contributed by atoms with van der Waals surface area (Å²) in [5.74, 6) is -2.17. The van der Waals surface area contributed by atoms with E-state index in [0.717, 1.165) is 7.11 Å². The molecule has 0 bridgehead atoms. The summed E-state index contributed by atoms with van der Waals surface area (Å²) in [4.78, 5) is 3.20. The molecule has 0 unspecified atom stereocenters. The predicted octanol–water partition coefficient (Wildman–Crippen LogP) is 3.61. The number of hydrogen-bond acceptors (Lipinski definition) is 3. The van der Waals surface area contributed by atoms with E-state index in [2.05, 4.69) is 14.5 Å². The first-order valence-corrected chi connectivity index (χ1v) is 5.19. The standard InChI is InChI=1S/C8H4F6INO2/c1-17-4-3(7(9,10)11)2-16-6(15)5(4)18-8(12,13)14/h2H,1H3. The number of nitrogens with zero attached hydrogens (tertiary/aromatic N) is 1. The number of aromatic nitrogens is 1. The van der Waals surface area contributed by atoms with Crippen LogP contribution in [-0.2, 0) is 6.18 Å². The molecule has 0 aliphatic rings. The van der Waals surface area contributed by atoms with Crippen molar-refractivity contribution >= 4 is 22.6 Å². The first kappa shape index (κ1) is 15.1. The second-order valence-corrected chi connectivity index (χ2v) is 3.89. The van der Waals surface area contributed by atoms with E-state index in [-0.39, 0.29) is 0 Å². The van der Waals surface area contributed by atoms with Gasteiger partial charge in [0.2, 0.25) is 5.75 Å². The number of halogens is 7. The summed E-state index contributed by atoms with van der Waals surface area (Å²) in [7, 11) is 0.809. The van der Waals surface area contributed by atoms with Crippen LogP contribution in [0.3, 0.4) is 0 Å². The SMILES string of the molecule is COc1c(C(F)(F)F)cnc(I)c1OC(F)(F)F. The van der Waals surface area contributed by atoms with Crippen LogP contribution in [0.4, 0.5) is 26.3 Å². The van der Waals surface area contributed by atoms with E-state index in [0.29, 0.717) is 6.20 Å². The minimum absolute atomic E-state index is 0.379. The average Bonchev–Trinajstić information content (AvgIpc) is 2.17. The van der Waals surface area contributed by atoms with Gasteiger partial charge in [-0.3, -0.25) is 0 Å². The first-order valence-electron chi connectivity index (χ1n) is 4.11. The van der Waals surface area contributed by atoms with Crippen molar-refractivity contribution in [2.24, 2.45) is 0 Å².